The molecule has 0 bridgehead atoms. The van der Waals surface area contributed by atoms with Crippen LogP contribution < -0.4 is 9.47 Å². The van der Waals surface area contributed by atoms with Crippen molar-refractivity contribution in [3.8, 4) is 11.5 Å². The van der Waals surface area contributed by atoms with Gasteiger partial charge in [0.25, 0.3) is 0 Å². The summed E-state index contributed by atoms with van der Waals surface area (Å²) in [5, 5.41) is 0.479. The highest BCUT2D eigenvalue weighted by Crippen LogP contribution is 2.36. The van der Waals surface area contributed by atoms with Crippen molar-refractivity contribution in [3.05, 3.63) is 64.7 Å². The van der Waals surface area contributed by atoms with E-state index in [1.54, 1.807) is 0 Å². The van der Waals surface area contributed by atoms with Crippen LogP contribution in [0.5, 0.6) is 11.5 Å². The first-order valence-electron chi connectivity index (χ1n) is 6.18. The summed E-state index contributed by atoms with van der Waals surface area (Å²) in [5.74, 6) is 0.524. The van der Waals surface area contributed by atoms with Crippen molar-refractivity contribution in [2.75, 3.05) is 7.11 Å². The highest BCUT2D eigenvalue weighted by molar-refractivity contribution is 6.34. The van der Waals surface area contributed by atoms with Crippen molar-refractivity contribution in [3.63, 3.8) is 0 Å². The third-order valence-electron chi connectivity index (χ3n) is 2.87. The van der Waals surface area contributed by atoms with Gasteiger partial charge in [-0.1, -0.05) is 29.8 Å². The molecule has 0 atom stereocenters. The van der Waals surface area contributed by atoms with Crippen LogP contribution in [0.15, 0.2) is 49.0 Å². The first kappa shape index (κ1) is 16.6. The lowest BCUT2D eigenvalue weighted by molar-refractivity contribution is -0.121. The molecule has 2 nitrogen and oxygen atoms in total. The fraction of sp³-hybridized carbons (Fsp3) is 0.125. The molecule has 22 heavy (non-hydrogen) atoms. The summed E-state index contributed by atoms with van der Waals surface area (Å²) in [4.78, 5) is 0. The van der Waals surface area contributed by atoms with Gasteiger partial charge in [-0.25, -0.2) is 0 Å². The second-order valence-electron chi connectivity index (χ2n) is 4.43. The minimum Gasteiger partial charge on any atom is -0.497 e. The van der Waals surface area contributed by atoms with Crippen molar-refractivity contribution in [1.29, 1.82) is 0 Å². The molecular weight excluding hydrogens is 333 g/mol. The Morgan fingerprint density at radius 1 is 1.00 bits per heavy atom. The van der Waals surface area contributed by atoms with E-state index in [0.29, 0.717) is 5.75 Å². The normalized spacial score (nSPS) is 11.1. The maximum absolute atomic E-state index is 14.2. The molecule has 0 aliphatic heterocycles. The Balaban J connectivity index is 2.22. The number of hydrogen-bond donors (Lipinski definition) is 0. The Hall–Kier alpha value is -1.78. The molecule has 0 aliphatic rings. The summed E-state index contributed by atoms with van der Waals surface area (Å²) < 4.78 is 38.1. The van der Waals surface area contributed by atoms with Gasteiger partial charge in [-0.15, -0.1) is 0 Å². The van der Waals surface area contributed by atoms with E-state index in [4.69, 9.17) is 32.7 Å². The molecule has 0 heterocycles. The molecule has 0 fully saturated rings. The summed E-state index contributed by atoms with van der Waals surface area (Å²) in [5.41, 5.74) is -0.427. The molecule has 0 amide bonds. The number of methoxy groups -OCH3 is 1. The number of benzene rings is 2. The predicted octanol–water partition coefficient (Wildman–Crippen LogP) is 5.69. The summed E-state index contributed by atoms with van der Waals surface area (Å²) in [7, 11) is 1.48. The van der Waals surface area contributed by atoms with Crippen LogP contribution in [0, 0.1) is 0 Å². The van der Waals surface area contributed by atoms with Gasteiger partial charge in [0.1, 0.15) is 11.5 Å². The van der Waals surface area contributed by atoms with Gasteiger partial charge in [-0.05, 0) is 48.0 Å². The molecule has 2 aromatic carbocycles. The molecule has 0 aliphatic carbocycles. The zero-order valence-corrected chi connectivity index (χ0v) is 13.1. The lowest BCUT2D eigenvalue weighted by Gasteiger charge is -2.20. The van der Waals surface area contributed by atoms with Crippen LogP contribution in [0.4, 0.5) is 8.78 Å². The second kappa shape index (κ2) is 6.55. The third-order valence-corrected chi connectivity index (χ3v) is 3.30. The Morgan fingerprint density at radius 3 is 2.00 bits per heavy atom. The van der Waals surface area contributed by atoms with Gasteiger partial charge in [-0.2, -0.15) is 8.78 Å². The van der Waals surface area contributed by atoms with Crippen LogP contribution in [0.2, 0.25) is 10.0 Å². The molecule has 0 spiro atoms. The summed E-state index contributed by atoms with van der Waals surface area (Å²) in [6.07, 6.45) is -3.61. The molecule has 0 radical (unpaired) electrons. The monoisotopic (exact) mass is 344 g/mol. The molecule has 2 aromatic rings. The van der Waals surface area contributed by atoms with E-state index in [1.165, 1.54) is 49.6 Å². The molecule has 6 heteroatoms. The van der Waals surface area contributed by atoms with Gasteiger partial charge in [0.2, 0.25) is 0 Å². The molecule has 2 rings (SSSR count). The molecule has 0 aromatic heterocycles. The van der Waals surface area contributed by atoms with E-state index in [1.807, 2.05) is 0 Å². The Labute approximate surface area is 136 Å². The van der Waals surface area contributed by atoms with Crippen molar-refractivity contribution >= 4 is 28.8 Å². The van der Waals surface area contributed by atoms with Gasteiger partial charge in [0.15, 0.2) is 0 Å². The van der Waals surface area contributed by atoms with Gasteiger partial charge in [0.05, 0.1) is 12.7 Å². The Morgan fingerprint density at radius 2 is 1.50 bits per heavy atom. The summed E-state index contributed by atoms with van der Waals surface area (Å²) in [6, 6.07) is 9.94. The maximum atomic E-state index is 14.2. The van der Waals surface area contributed by atoms with Gasteiger partial charge >= 0.3 is 6.11 Å². The van der Waals surface area contributed by atoms with E-state index in [0.717, 1.165) is 0 Å². The molecule has 0 saturated carbocycles. The fourth-order valence-corrected chi connectivity index (χ4v) is 2.28. The fourth-order valence-electron chi connectivity index (χ4n) is 1.75. The third kappa shape index (κ3) is 3.90. The molecule has 116 valence electrons. The SMILES string of the molecule is C=C(c1cc(Cl)cc(Cl)c1)C(F)(F)Oc1ccc(OC)cc1. The van der Waals surface area contributed by atoms with Crippen molar-refractivity contribution in [1.82, 2.24) is 0 Å². The van der Waals surface area contributed by atoms with Crippen molar-refractivity contribution in [2.24, 2.45) is 0 Å². The van der Waals surface area contributed by atoms with Gasteiger partial charge in [0, 0.05) is 10.0 Å². The molecule has 0 N–H and O–H groups in total. The van der Waals surface area contributed by atoms with E-state index in [9.17, 15) is 8.78 Å². The largest absolute Gasteiger partial charge is 0.497 e. The van der Waals surface area contributed by atoms with Crippen LogP contribution >= 0.6 is 23.2 Å². The summed E-state index contributed by atoms with van der Waals surface area (Å²) >= 11 is 11.6. The Bertz CT molecular complexity index is 665. The average molecular weight is 345 g/mol. The zero-order chi connectivity index (χ0) is 16.3. The molecular formula is C16H12Cl2F2O2. The lowest BCUT2D eigenvalue weighted by atomic mass is 10.1. The average Bonchev–Trinajstić information content (AvgIpc) is 2.46. The number of hydrogen-bond acceptors (Lipinski definition) is 2. The molecule has 0 unspecified atom stereocenters. The smallest absolute Gasteiger partial charge is 0.426 e. The van der Waals surface area contributed by atoms with E-state index >= 15 is 0 Å². The highest BCUT2D eigenvalue weighted by Gasteiger charge is 2.37. The lowest BCUT2D eigenvalue weighted by Crippen LogP contribution is -2.26. The van der Waals surface area contributed by atoms with E-state index in [-0.39, 0.29) is 21.4 Å². The van der Waals surface area contributed by atoms with Crippen LogP contribution in [-0.2, 0) is 0 Å². The first-order chi connectivity index (χ1) is 10.3. The van der Waals surface area contributed by atoms with Crippen molar-refractivity contribution in [2.45, 2.75) is 6.11 Å². The second-order valence-corrected chi connectivity index (χ2v) is 5.30. The van der Waals surface area contributed by atoms with E-state index in [2.05, 4.69) is 6.58 Å². The number of alkyl halides is 2. The number of ether oxygens (including phenoxy) is 2. The quantitative estimate of drug-likeness (QED) is 0.693. The predicted molar refractivity (Wildman–Crippen MR) is 84.1 cm³/mol. The minimum absolute atomic E-state index is 0.0138. The number of rotatable bonds is 5. The van der Waals surface area contributed by atoms with Crippen LogP contribution in [0.25, 0.3) is 5.57 Å². The number of halogens is 4. The van der Waals surface area contributed by atoms with Crippen molar-refractivity contribution < 1.29 is 18.3 Å². The Kier molecular flexibility index (Phi) is 4.94. The zero-order valence-electron chi connectivity index (χ0n) is 11.6. The van der Waals surface area contributed by atoms with Gasteiger partial charge in [-0.3, -0.25) is 0 Å². The van der Waals surface area contributed by atoms with Crippen LogP contribution in [-0.4, -0.2) is 13.2 Å². The topological polar surface area (TPSA) is 18.5 Å². The standard InChI is InChI=1S/C16H12Cl2F2O2/c1-10(11-7-12(17)9-13(18)8-11)16(19,20)22-15-5-3-14(21-2)4-6-15/h3-9H,1H2,2H3. The van der Waals surface area contributed by atoms with Gasteiger partial charge < -0.3 is 9.47 Å². The maximum Gasteiger partial charge on any atom is 0.426 e. The molecule has 0 saturated heterocycles. The van der Waals surface area contributed by atoms with E-state index < -0.39 is 11.7 Å². The highest BCUT2D eigenvalue weighted by atomic mass is 35.5. The summed E-state index contributed by atoms with van der Waals surface area (Å²) in [6.45, 7) is 3.39. The minimum atomic E-state index is -3.61. The first-order valence-corrected chi connectivity index (χ1v) is 6.94. The van der Waals surface area contributed by atoms with Crippen LogP contribution in [0.1, 0.15) is 5.56 Å². The van der Waals surface area contributed by atoms with Crippen LogP contribution in [0.3, 0.4) is 0 Å².